The maximum atomic E-state index is 6.50. The van der Waals surface area contributed by atoms with Crippen LogP contribution in [0.1, 0.15) is 41.6 Å². The van der Waals surface area contributed by atoms with Crippen LogP contribution in [0.2, 0.25) is 0 Å². The summed E-state index contributed by atoms with van der Waals surface area (Å²) in [5.41, 5.74) is 10.3. The van der Waals surface area contributed by atoms with E-state index in [0.717, 1.165) is 23.1 Å². The van der Waals surface area contributed by atoms with Crippen molar-refractivity contribution in [3.05, 3.63) is 45.7 Å². The van der Waals surface area contributed by atoms with Crippen LogP contribution in [-0.4, -0.2) is 15.0 Å². The van der Waals surface area contributed by atoms with Gasteiger partial charge < -0.3 is 5.73 Å². The first-order valence-corrected chi connectivity index (χ1v) is 7.36. The molecule has 1 aliphatic carbocycles. The fraction of sp³-hybridized carbons (Fsp3) is 0.429. The second-order valence-corrected chi connectivity index (χ2v) is 5.86. The van der Waals surface area contributed by atoms with Gasteiger partial charge in [-0.3, -0.25) is 0 Å². The Hall–Kier alpha value is -1.20. The molecule has 0 bridgehead atoms. The van der Waals surface area contributed by atoms with Gasteiger partial charge >= 0.3 is 0 Å². The van der Waals surface area contributed by atoms with Crippen molar-refractivity contribution in [2.75, 3.05) is 0 Å². The molecule has 4 nitrogen and oxygen atoms in total. The third kappa shape index (κ3) is 2.21. The lowest BCUT2D eigenvalue weighted by atomic mass is 9.78. The third-order valence-corrected chi connectivity index (χ3v) is 4.56. The predicted octanol–water partition coefficient (Wildman–Crippen LogP) is 2.70. The van der Waals surface area contributed by atoms with E-state index in [1.165, 1.54) is 17.5 Å². The molecule has 0 saturated carbocycles. The first-order chi connectivity index (χ1) is 9.18. The van der Waals surface area contributed by atoms with E-state index in [1.54, 1.807) is 4.68 Å². The quantitative estimate of drug-likeness (QED) is 0.925. The van der Waals surface area contributed by atoms with Gasteiger partial charge in [-0.25, -0.2) is 4.68 Å². The fourth-order valence-corrected chi connectivity index (χ4v) is 3.64. The molecule has 19 heavy (non-hydrogen) atoms. The van der Waals surface area contributed by atoms with Crippen molar-refractivity contribution in [2.24, 2.45) is 12.8 Å². The molecule has 0 spiro atoms. The molecule has 0 amide bonds. The Kier molecular flexibility index (Phi) is 3.41. The molecule has 0 radical (unpaired) electrons. The minimum absolute atomic E-state index is 0.0733. The Bertz CT molecular complexity index is 573. The van der Waals surface area contributed by atoms with Crippen LogP contribution < -0.4 is 5.73 Å². The number of nitrogens with two attached hydrogens (primary N) is 1. The fourth-order valence-electron chi connectivity index (χ4n) is 3.05. The van der Waals surface area contributed by atoms with Crippen LogP contribution in [0.15, 0.2) is 28.9 Å². The SMILES string of the molecule is Cn1nnc(Br)c1C(N)C1CCCc2ccccc21. The average Bonchev–Trinajstić information content (AvgIpc) is 2.77. The highest BCUT2D eigenvalue weighted by atomic mass is 79.9. The van der Waals surface area contributed by atoms with Crippen LogP contribution in [0.3, 0.4) is 0 Å². The topological polar surface area (TPSA) is 56.7 Å². The number of hydrogen-bond acceptors (Lipinski definition) is 3. The van der Waals surface area contributed by atoms with E-state index in [4.69, 9.17) is 5.73 Å². The molecule has 2 N–H and O–H groups in total. The van der Waals surface area contributed by atoms with E-state index < -0.39 is 0 Å². The highest BCUT2D eigenvalue weighted by Crippen LogP contribution is 2.40. The smallest absolute Gasteiger partial charge is 0.153 e. The Morgan fingerprint density at radius 1 is 1.42 bits per heavy atom. The lowest BCUT2D eigenvalue weighted by Crippen LogP contribution is -2.25. The molecule has 5 heteroatoms. The molecule has 3 rings (SSSR count). The molecule has 0 aliphatic heterocycles. The lowest BCUT2D eigenvalue weighted by Gasteiger charge is -2.30. The van der Waals surface area contributed by atoms with Gasteiger partial charge in [-0.05, 0) is 46.3 Å². The number of benzene rings is 1. The molecule has 0 fully saturated rings. The lowest BCUT2D eigenvalue weighted by molar-refractivity contribution is 0.452. The van der Waals surface area contributed by atoms with Crippen LogP contribution >= 0.6 is 15.9 Å². The van der Waals surface area contributed by atoms with Crippen molar-refractivity contribution in [1.82, 2.24) is 15.0 Å². The maximum Gasteiger partial charge on any atom is 0.153 e. The zero-order valence-electron chi connectivity index (χ0n) is 10.9. The zero-order valence-corrected chi connectivity index (χ0v) is 12.5. The molecule has 2 atom stereocenters. The molecule has 1 aromatic heterocycles. The van der Waals surface area contributed by atoms with Crippen molar-refractivity contribution < 1.29 is 0 Å². The van der Waals surface area contributed by atoms with Crippen molar-refractivity contribution in [2.45, 2.75) is 31.2 Å². The summed E-state index contributed by atoms with van der Waals surface area (Å²) in [5, 5.41) is 8.07. The van der Waals surface area contributed by atoms with Crippen molar-refractivity contribution in [3.63, 3.8) is 0 Å². The molecule has 2 unspecified atom stereocenters. The number of hydrogen-bond donors (Lipinski definition) is 1. The van der Waals surface area contributed by atoms with Gasteiger partial charge in [-0.15, -0.1) is 5.10 Å². The Morgan fingerprint density at radius 3 is 2.95 bits per heavy atom. The second-order valence-electron chi connectivity index (χ2n) is 5.11. The third-order valence-electron chi connectivity index (χ3n) is 3.99. The molecule has 1 aromatic carbocycles. The summed E-state index contributed by atoms with van der Waals surface area (Å²) < 4.78 is 2.52. The number of nitrogens with zero attached hydrogens (tertiary/aromatic N) is 3. The van der Waals surface area contributed by atoms with Crippen LogP contribution in [0.25, 0.3) is 0 Å². The van der Waals surface area contributed by atoms with E-state index >= 15 is 0 Å². The Balaban J connectivity index is 2.00. The van der Waals surface area contributed by atoms with E-state index in [-0.39, 0.29) is 6.04 Å². The number of rotatable bonds is 2. The minimum Gasteiger partial charge on any atom is -0.322 e. The van der Waals surface area contributed by atoms with Gasteiger partial charge in [-0.1, -0.05) is 29.5 Å². The number of halogens is 1. The van der Waals surface area contributed by atoms with Gasteiger partial charge in [0.1, 0.15) is 0 Å². The highest BCUT2D eigenvalue weighted by Gasteiger charge is 2.29. The number of aryl methyl sites for hydroxylation is 2. The second kappa shape index (κ2) is 5.06. The molecule has 0 saturated heterocycles. The zero-order chi connectivity index (χ0) is 13.4. The molecule has 100 valence electrons. The Labute approximate surface area is 121 Å². The Morgan fingerprint density at radius 2 is 2.21 bits per heavy atom. The molecular weight excluding hydrogens is 304 g/mol. The summed E-state index contributed by atoms with van der Waals surface area (Å²) >= 11 is 3.45. The van der Waals surface area contributed by atoms with Crippen molar-refractivity contribution in [3.8, 4) is 0 Å². The number of aromatic nitrogens is 3. The summed E-state index contributed by atoms with van der Waals surface area (Å²) in [6, 6.07) is 8.55. The first kappa shape index (κ1) is 12.8. The minimum atomic E-state index is -0.0733. The molecular formula is C14H17BrN4. The van der Waals surface area contributed by atoms with Gasteiger partial charge in [0.2, 0.25) is 0 Å². The summed E-state index contributed by atoms with van der Waals surface area (Å²) in [6.45, 7) is 0. The largest absolute Gasteiger partial charge is 0.322 e. The van der Waals surface area contributed by atoms with Gasteiger partial charge in [0.15, 0.2) is 4.60 Å². The standard InChI is InChI=1S/C14H17BrN4/c1-19-13(14(15)17-18-19)12(16)11-8-4-6-9-5-2-3-7-10(9)11/h2-3,5,7,11-12H,4,6,8,16H2,1H3. The van der Waals surface area contributed by atoms with Crippen LogP contribution in [0, 0.1) is 0 Å². The summed E-state index contributed by atoms with van der Waals surface area (Å²) in [7, 11) is 1.89. The summed E-state index contributed by atoms with van der Waals surface area (Å²) in [6.07, 6.45) is 3.47. The van der Waals surface area contributed by atoms with Gasteiger partial charge in [0.05, 0.1) is 11.7 Å². The van der Waals surface area contributed by atoms with Crippen LogP contribution in [0.5, 0.6) is 0 Å². The molecule has 1 heterocycles. The average molecular weight is 321 g/mol. The van der Waals surface area contributed by atoms with E-state index in [2.05, 4.69) is 50.5 Å². The predicted molar refractivity (Wildman–Crippen MR) is 77.8 cm³/mol. The maximum absolute atomic E-state index is 6.50. The van der Waals surface area contributed by atoms with E-state index in [0.29, 0.717) is 5.92 Å². The van der Waals surface area contributed by atoms with Gasteiger partial charge in [-0.2, -0.15) is 0 Å². The van der Waals surface area contributed by atoms with Crippen LogP contribution in [0.4, 0.5) is 0 Å². The molecule has 1 aliphatic rings. The van der Waals surface area contributed by atoms with Crippen molar-refractivity contribution in [1.29, 1.82) is 0 Å². The first-order valence-electron chi connectivity index (χ1n) is 6.57. The summed E-state index contributed by atoms with van der Waals surface area (Å²) in [5.74, 6) is 0.346. The monoisotopic (exact) mass is 320 g/mol. The van der Waals surface area contributed by atoms with E-state index in [9.17, 15) is 0 Å². The highest BCUT2D eigenvalue weighted by molar-refractivity contribution is 9.10. The summed E-state index contributed by atoms with van der Waals surface area (Å²) in [4.78, 5) is 0. The van der Waals surface area contributed by atoms with Gasteiger partial charge in [0, 0.05) is 13.0 Å². The van der Waals surface area contributed by atoms with Gasteiger partial charge in [0.25, 0.3) is 0 Å². The van der Waals surface area contributed by atoms with Crippen LogP contribution in [-0.2, 0) is 13.5 Å². The molecule has 2 aromatic rings. The number of fused-ring (bicyclic) bond motifs is 1. The van der Waals surface area contributed by atoms with E-state index in [1.807, 2.05) is 7.05 Å². The normalized spacial score (nSPS) is 20.1. The van der Waals surface area contributed by atoms with Crippen molar-refractivity contribution >= 4 is 15.9 Å².